The Hall–Kier alpha value is -2.11. The van der Waals surface area contributed by atoms with Crippen molar-refractivity contribution in [3.63, 3.8) is 0 Å². The zero-order chi connectivity index (χ0) is 13.1. The standard InChI is InChI=1S/C12H15N3O3/c1-8-2-3-9(11(17)14-8)12(18)15-6-4-10(16)13-5-7-15/h2-3H,4-7H2,1H3,(H,13,16)(H,14,17). The van der Waals surface area contributed by atoms with Crippen LogP contribution in [0.1, 0.15) is 22.5 Å². The number of aryl methyl sites for hydroxylation is 1. The topological polar surface area (TPSA) is 82.3 Å². The van der Waals surface area contributed by atoms with Crippen molar-refractivity contribution >= 4 is 11.8 Å². The monoisotopic (exact) mass is 249 g/mol. The first-order chi connectivity index (χ1) is 8.58. The molecule has 0 aromatic carbocycles. The Labute approximate surface area is 104 Å². The molecule has 0 saturated carbocycles. The molecule has 2 amide bonds. The summed E-state index contributed by atoms with van der Waals surface area (Å²) >= 11 is 0. The molecule has 1 saturated heterocycles. The van der Waals surface area contributed by atoms with E-state index in [-0.39, 0.29) is 29.4 Å². The van der Waals surface area contributed by atoms with Crippen LogP contribution >= 0.6 is 0 Å². The smallest absolute Gasteiger partial charge is 0.260 e. The molecule has 96 valence electrons. The summed E-state index contributed by atoms with van der Waals surface area (Å²) in [4.78, 5) is 39.2. The maximum atomic E-state index is 12.2. The molecule has 6 heteroatoms. The molecule has 0 radical (unpaired) electrons. The first-order valence-corrected chi connectivity index (χ1v) is 5.84. The number of aromatic nitrogens is 1. The van der Waals surface area contributed by atoms with Gasteiger partial charge in [-0.3, -0.25) is 14.4 Å². The van der Waals surface area contributed by atoms with Crippen LogP contribution in [0.25, 0.3) is 0 Å². The molecule has 1 aromatic rings. The lowest BCUT2D eigenvalue weighted by atomic mass is 10.2. The molecule has 0 atom stereocenters. The van der Waals surface area contributed by atoms with Gasteiger partial charge in [-0.15, -0.1) is 0 Å². The molecule has 6 nitrogen and oxygen atoms in total. The molecule has 18 heavy (non-hydrogen) atoms. The summed E-state index contributed by atoms with van der Waals surface area (Å²) in [6.07, 6.45) is 0.273. The highest BCUT2D eigenvalue weighted by molar-refractivity contribution is 5.94. The van der Waals surface area contributed by atoms with E-state index in [1.54, 1.807) is 13.0 Å². The van der Waals surface area contributed by atoms with E-state index in [0.717, 1.165) is 0 Å². The molecular weight excluding hydrogens is 234 g/mol. The van der Waals surface area contributed by atoms with Crippen LogP contribution in [0, 0.1) is 6.92 Å². The Morgan fingerprint density at radius 3 is 2.78 bits per heavy atom. The Kier molecular flexibility index (Phi) is 3.45. The van der Waals surface area contributed by atoms with Crippen LogP contribution in [0.2, 0.25) is 0 Å². The number of pyridine rings is 1. The molecule has 2 N–H and O–H groups in total. The number of hydrogen-bond donors (Lipinski definition) is 2. The van der Waals surface area contributed by atoms with Gasteiger partial charge in [0.1, 0.15) is 5.56 Å². The van der Waals surface area contributed by atoms with Gasteiger partial charge in [0.05, 0.1) is 0 Å². The number of aromatic amines is 1. The van der Waals surface area contributed by atoms with Crippen molar-refractivity contribution in [1.29, 1.82) is 0 Å². The average molecular weight is 249 g/mol. The van der Waals surface area contributed by atoms with Gasteiger partial charge < -0.3 is 15.2 Å². The molecule has 0 spiro atoms. The second-order valence-electron chi connectivity index (χ2n) is 4.28. The summed E-state index contributed by atoms with van der Waals surface area (Å²) < 4.78 is 0. The van der Waals surface area contributed by atoms with Gasteiger partial charge in [-0.2, -0.15) is 0 Å². The Bertz CT molecular complexity index is 536. The second-order valence-corrected chi connectivity index (χ2v) is 4.28. The van der Waals surface area contributed by atoms with E-state index >= 15 is 0 Å². The van der Waals surface area contributed by atoms with Crippen molar-refractivity contribution in [2.75, 3.05) is 19.6 Å². The van der Waals surface area contributed by atoms with Crippen LogP contribution < -0.4 is 10.9 Å². The summed E-state index contributed by atoms with van der Waals surface area (Å²) in [6, 6.07) is 3.21. The van der Waals surface area contributed by atoms with Crippen molar-refractivity contribution < 1.29 is 9.59 Å². The fraction of sp³-hybridized carbons (Fsp3) is 0.417. The highest BCUT2D eigenvalue weighted by Gasteiger charge is 2.21. The molecule has 1 aromatic heterocycles. The fourth-order valence-electron chi connectivity index (χ4n) is 1.88. The summed E-state index contributed by atoms with van der Waals surface area (Å²) in [5.74, 6) is -0.393. The number of nitrogens with one attached hydrogen (secondary N) is 2. The van der Waals surface area contributed by atoms with Crippen molar-refractivity contribution in [3.05, 3.63) is 33.7 Å². The molecule has 2 heterocycles. The van der Waals surface area contributed by atoms with E-state index in [0.29, 0.717) is 25.3 Å². The summed E-state index contributed by atoms with van der Waals surface area (Å²) in [6.45, 7) is 2.95. The summed E-state index contributed by atoms with van der Waals surface area (Å²) in [5, 5.41) is 2.69. The number of carbonyl (C=O) groups excluding carboxylic acids is 2. The molecular formula is C12H15N3O3. The Morgan fingerprint density at radius 1 is 1.28 bits per heavy atom. The van der Waals surface area contributed by atoms with Gasteiger partial charge in [-0.25, -0.2) is 0 Å². The third kappa shape index (κ3) is 2.58. The van der Waals surface area contributed by atoms with E-state index in [1.807, 2.05) is 0 Å². The Balaban J connectivity index is 2.20. The zero-order valence-corrected chi connectivity index (χ0v) is 10.2. The maximum Gasteiger partial charge on any atom is 0.260 e. The fourth-order valence-corrected chi connectivity index (χ4v) is 1.88. The second kappa shape index (κ2) is 5.03. The van der Waals surface area contributed by atoms with Crippen molar-refractivity contribution in [3.8, 4) is 0 Å². The predicted octanol–water partition coefficient (Wildman–Crippen LogP) is -0.355. The number of amides is 2. The minimum atomic E-state index is -0.386. The van der Waals surface area contributed by atoms with Crippen molar-refractivity contribution in [2.45, 2.75) is 13.3 Å². The summed E-state index contributed by atoms with van der Waals surface area (Å²) in [7, 11) is 0. The minimum absolute atomic E-state index is 0.0666. The largest absolute Gasteiger partial charge is 0.354 e. The molecule has 1 aliphatic rings. The first kappa shape index (κ1) is 12.3. The van der Waals surface area contributed by atoms with Crippen LogP contribution in [-0.4, -0.2) is 41.3 Å². The van der Waals surface area contributed by atoms with Gasteiger partial charge in [0.15, 0.2) is 0 Å². The highest BCUT2D eigenvalue weighted by Crippen LogP contribution is 2.03. The minimum Gasteiger partial charge on any atom is -0.354 e. The highest BCUT2D eigenvalue weighted by atomic mass is 16.2. The quantitative estimate of drug-likeness (QED) is 0.713. The van der Waals surface area contributed by atoms with Crippen LogP contribution in [0.3, 0.4) is 0 Å². The number of carbonyl (C=O) groups is 2. The molecule has 0 unspecified atom stereocenters. The van der Waals surface area contributed by atoms with Crippen LogP contribution in [0.5, 0.6) is 0 Å². The maximum absolute atomic E-state index is 12.2. The third-order valence-electron chi connectivity index (χ3n) is 2.89. The van der Waals surface area contributed by atoms with Crippen LogP contribution in [0.4, 0.5) is 0 Å². The molecule has 0 bridgehead atoms. The van der Waals surface area contributed by atoms with E-state index in [2.05, 4.69) is 10.3 Å². The van der Waals surface area contributed by atoms with Crippen LogP contribution in [-0.2, 0) is 4.79 Å². The predicted molar refractivity (Wildman–Crippen MR) is 65.3 cm³/mol. The SMILES string of the molecule is Cc1ccc(C(=O)N2CCNC(=O)CC2)c(=O)[nH]1. The lowest BCUT2D eigenvalue weighted by molar-refractivity contribution is -0.120. The van der Waals surface area contributed by atoms with E-state index < -0.39 is 0 Å². The molecule has 0 aliphatic carbocycles. The number of hydrogen-bond acceptors (Lipinski definition) is 3. The normalized spacial score (nSPS) is 16.1. The first-order valence-electron chi connectivity index (χ1n) is 5.84. The number of nitrogens with zero attached hydrogens (tertiary/aromatic N) is 1. The van der Waals surface area contributed by atoms with Crippen LogP contribution in [0.15, 0.2) is 16.9 Å². The van der Waals surface area contributed by atoms with Gasteiger partial charge in [0, 0.05) is 31.7 Å². The number of rotatable bonds is 1. The van der Waals surface area contributed by atoms with Gasteiger partial charge >= 0.3 is 0 Å². The van der Waals surface area contributed by atoms with Crippen molar-refractivity contribution in [2.24, 2.45) is 0 Å². The van der Waals surface area contributed by atoms with E-state index in [1.165, 1.54) is 11.0 Å². The number of H-pyrrole nitrogens is 1. The molecule has 1 fully saturated rings. The molecule has 1 aliphatic heterocycles. The van der Waals surface area contributed by atoms with E-state index in [4.69, 9.17) is 0 Å². The lowest BCUT2D eigenvalue weighted by Gasteiger charge is -2.18. The van der Waals surface area contributed by atoms with Crippen molar-refractivity contribution in [1.82, 2.24) is 15.2 Å². The summed E-state index contributed by atoms with van der Waals surface area (Å²) in [5.41, 5.74) is 0.447. The van der Waals surface area contributed by atoms with Gasteiger partial charge in [-0.1, -0.05) is 0 Å². The van der Waals surface area contributed by atoms with Gasteiger partial charge in [-0.05, 0) is 19.1 Å². The van der Waals surface area contributed by atoms with E-state index in [9.17, 15) is 14.4 Å². The zero-order valence-electron chi connectivity index (χ0n) is 10.2. The molecule has 2 rings (SSSR count). The third-order valence-corrected chi connectivity index (χ3v) is 2.89. The lowest BCUT2D eigenvalue weighted by Crippen LogP contribution is -2.37. The van der Waals surface area contributed by atoms with Gasteiger partial charge in [0.25, 0.3) is 11.5 Å². The van der Waals surface area contributed by atoms with Gasteiger partial charge in [0.2, 0.25) is 5.91 Å². The average Bonchev–Trinajstić information content (AvgIpc) is 2.53. The Morgan fingerprint density at radius 2 is 2.06 bits per heavy atom.